The maximum atomic E-state index is 5.78. The smallest absolute Gasteiger partial charge is 0.292 e. The molecule has 2 aliphatic rings. The summed E-state index contributed by atoms with van der Waals surface area (Å²) in [7, 11) is 0. The number of hydrogen-bond acceptors (Lipinski definition) is 6. The van der Waals surface area contributed by atoms with E-state index >= 15 is 0 Å². The number of nitrogens with zero attached hydrogens (tertiary/aromatic N) is 2. The van der Waals surface area contributed by atoms with E-state index in [1.54, 1.807) is 4.68 Å². The number of nitrogens with one attached hydrogen (secondary N) is 1. The van der Waals surface area contributed by atoms with Crippen molar-refractivity contribution in [1.82, 2.24) is 9.78 Å². The number of benzene rings is 1. The van der Waals surface area contributed by atoms with Gasteiger partial charge in [-0.25, -0.2) is 0 Å². The first-order chi connectivity index (χ1) is 11.6. The van der Waals surface area contributed by atoms with Gasteiger partial charge in [0, 0.05) is 5.56 Å². The third-order valence-corrected chi connectivity index (χ3v) is 4.51. The van der Waals surface area contributed by atoms with Gasteiger partial charge < -0.3 is 23.5 Å². The molecule has 1 aromatic carbocycles. The van der Waals surface area contributed by atoms with Crippen molar-refractivity contribution in [3.8, 4) is 23.0 Å². The zero-order valence-corrected chi connectivity index (χ0v) is 14.5. The number of quaternary nitrogens is 1. The molecule has 0 bridgehead atoms. The number of hydrogen-bond donors (Lipinski definition) is 1. The fourth-order valence-corrected chi connectivity index (χ4v) is 3.47. The summed E-state index contributed by atoms with van der Waals surface area (Å²) >= 11 is 5.33. The molecule has 7 nitrogen and oxygen atoms in total. The van der Waals surface area contributed by atoms with E-state index < -0.39 is 0 Å². The molecule has 0 radical (unpaired) electrons. The Balaban J connectivity index is 1.55. The molecular formula is C16H20N3O4S+. The van der Waals surface area contributed by atoms with Gasteiger partial charge in [-0.3, -0.25) is 0 Å². The second-order valence-corrected chi connectivity index (χ2v) is 6.66. The molecule has 1 aromatic heterocycles. The van der Waals surface area contributed by atoms with Crippen molar-refractivity contribution in [2.75, 3.05) is 19.9 Å². The lowest BCUT2D eigenvalue weighted by molar-refractivity contribution is -0.937. The highest BCUT2D eigenvalue weighted by Gasteiger charge is 2.26. The van der Waals surface area contributed by atoms with Gasteiger partial charge >= 0.3 is 0 Å². The quantitative estimate of drug-likeness (QED) is 0.841. The van der Waals surface area contributed by atoms with Crippen molar-refractivity contribution in [3.05, 3.63) is 23.0 Å². The molecule has 3 heterocycles. The van der Waals surface area contributed by atoms with Crippen LogP contribution in [0.4, 0.5) is 0 Å². The van der Waals surface area contributed by atoms with Gasteiger partial charge in [-0.05, 0) is 44.3 Å². The summed E-state index contributed by atoms with van der Waals surface area (Å²) in [5.41, 5.74) is 0.822. The topological polar surface area (TPSA) is 63.1 Å². The van der Waals surface area contributed by atoms with Crippen LogP contribution in [0.2, 0.25) is 0 Å². The zero-order chi connectivity index (χ0) is 16.7. The predicted molar refractivity (Wildman–Crippen MR) is 87.6 cm³/mol. The molecule has 1 saturated heterocycles. The van der Waals surface area contributed by atoms with Crippen LogP contribution in [-0.4, -0.2) is 41.9 Å². The Morgan fingerprint density at radius 3 is 2.75 bits per heavy atom. The van der Waals surface area contributed by atoms with Gasteiger partial charge in [-0.15, -0.1) is 5.10 Å². The Morgan fingerprint density at radius 1 is 1.21 bits per heavy atom. The molecule has 2 atom stereocenters. The van der Waals surface area contributed by atoms with E-state index in [-0.39, 0.29) is 19.0 Å². The first-order valence-electron chi connectivity index (χ1n) is 8.05. The number of rotatable bonds is 3. The normalized spacial score (nSPS) is 25.8. The lowest BCUT2D eigenvalue weighted by atomic mass is 10.2. The van der Waals surface area contributed by atoms with Gasteiger partial charge in [0.25, 0.3) is 4.84 Å². The summed E-state index contributed by atoms with van der Waals surface area (Å²) in [5, 5.41) is 4.54. The van der Waals surface area contributed by atoms with E-state index in [0.29, 0.717) is 23.1 Å². The van der Waals surface area contributed by atoms with Crippen LogP contribution in [0.3, 0.4) is 0 Å². The molecule has 128 valence electrons. The van der Waals surface area contributed by atoms with Crippen LogP contribution in [0.5, 0.6) is 11.5 Å². The Bertz CT molecular complexity index is 793. The van der Waals surface area contributed by atoms with E-state index in [0.717, 1.165) is 24.4 Å². The molecule has 2 aliphatic heterocycles. The van der Waals surface area contributed by atoms with Crippen molar-refractivity contribution in [2.45, 2.75) is 32.7 Å². The summed E-state index contributed by atoms with van der Waals surface area (Å²) in [5.74, 6) is 1.93. The highest BCUT2D eigenvalue weighted by Crippen LogP contribution is 2.35. The number of fused-ring (bicyclic) bond motifs is 1. The Hall–Kier alpha value is -1.90. The van der Waals surface area contributed by atoms with Gasteiger partial charge in [0.15, 0.2) is 18.2 Å². The van der Waals surface area contributed by atoms with Crippen molar-refractivity contribution >= 4 is 12.2 Å². The zero-order valence-electron chi connectivity index (χ0n) is 13.7. The van der Waals surface area contributed by atoms with E-state index in [1.165, 1.54) is 4.90 Å². The summed E-state index contributed by atoms with van der Waals surface area (Å²) in [6.45, 7) is 6.96. The first-order valence-corrected chi connectivity index (χ1v) is 8.46. The number of ether oxygens (including phenoxy) is 3. The first kappa shape index (κ1) is 15.6. The van der Waals surface area contributed by atoms with Crippen LogP contribution in [-0.2, 0) is 11.4 Å². The van der Waals surface area contributed by atoms with Crippen LogP contribution < -0.4 is 14.4 Å². The Labute approximate surface area is 144 Å². The second-order valence-electron chi connectivity index (χ2n) is 6.31. The Morgan fingerprint density at radius 2 is 1.96 bits per heavy atom. The maximum absolute atomic E-state index is 5.78. The monoisotopic (exact) mass is 350 g/mol. The van der Waals surface area contributed by atoms with E-state index in [2.05, 4.69) is 18.9 Å². The SMILES string of the molecule is C[C@H]1C[NH+](Cn2nc(-c3ccc4c(c3)OCO4)oc2=S)C[C@H](C)O1. The fourth-order valence-electron chi connectivity index (χ4n) is 3.28. The number of aromatic nitrogens is 2. The molecule has 4 rings (SSSR count). The van der Waals surface area contributed by atoms with Crippen LogP contribution in [0.25, 0.3) is 11.5 Å². The van der Waals surface area contributed by atoms with E-state index in [1.807, 2.05) is 18.2 Å². The second kappa shape index (κ2) is 6.19. The molecule has 1 fully saturated rings. The van der Waals surface area contributed by atoms with Crippen molar-refractivity contribution < 1.29 is 23.5 Å². The third kappa shape index (κ3) is 3.04. The van der Waals surface area contributed by atoms with Crippen LogP contribution >= 0.6 is 12.2 Å². The molecule has 2 aromatic rings. The standard InChI is InChI=1S/C16H19N3O4S/c1-10-6-18(7-11(2)22-10)8-19-16(24)23-15(17-19)12-3-4-13-14(5-12)21-9-20-13/h3-5,10-11H,6-9H2,1-2H3/p+1/t10-,11-/m0/s1. The number of morpholine rings is 1. The van der Waals surface area contributed by atoms with Crippen molar-refractivity contribution in [2.24, 2.45) is 0 Å². The van der Waals surface area contributed by atoms with E-state index in [4.69, 9.17) is 30.8 Å². The summed E-state index contributed by atoms with van der Waals surface area (Å²) in [6, 6.07) is 5.61. The molecule has 0 saturated carbocycles. The largest absolute Gasteiger partial charge is 0.454 e. The van der Waals surface area contributed by atoms with Crippen molar-refractivity contribution in [3.63, 3.8) is 0 Å². The van der Waals surface area contributed by atoms with Crippen LogP contribution in [0.15, 0.2) is 22.6 Å². The highest BCUT2D eigenvalue weighted by molar-refractivity contribution is 7.71. The predicted octanol–water partition coefficient (Wildman–Crippen LogP) is 1.25. The van der Waals surface area contributed by atoms with Gasteiger partial charge in [0.05, 0.1) is 0 Å². The van der Waals surface area contributed by atoms with Crippen LogP contribution in [0, 0.1) is 4.84 Å². The third-order valence-electron chi connectivity index (χ3n) is 4.22. The summed E-state index contributed by atoms with van der Waals surface area (Å²) in [6.07, 6.45) is 0.469. The molecule has 0 amide bonds. The maximum Gasteiger partial charge on any atom is 0.292 e. The molecule has 1 N–H and O–H groups in total. The van der Waals surface area contributed by atoms with Gasteiger partial charge in [0.2, 0.25) is 12.7 Å². The average Bonchev–Trinajstić information content (AvgIpc) is 3.12. The minimum Gasteiger partial charge on any atom is -0.454 e. The van der Waals surface area contributed by atoms with Gasteiger partial charge in [-0.2, -0.15) is 4.68 Å². The molecule has 0 unspecified atom stereocenters. The highest BCUT2D eigenvalue weighted by atomic mass is 32.1. The molecule has 8 heteroatoms. The van der Waals surface area contributed by atoms with Crippen molar-refractivity contribution in [1.29, 1.82) is 0 Å². The van der Waals surface area contributed by atoms with Crippen LogP contribution in [0.1, 0.15) is 13.8 Å². The minimum absolute atomic E-state index is 0.234. The molecular weight excluding hydrogens is 330 g/mol. The van der Waals surface area contributed by atoms with E-state index in [9.17, 15) is 0 Å². The lowest BCUT2D eigenvalue weighted by Gasteiger charge is -2.31. The fraction of sp³-hybridized carbons (Fsp3) is 0.500. The summed E-state index contributed by atoms with van der Waals surface area (Å²) in [4.78, 5) is 1.75. The molecule has 24 heavy (non-hydrogen) atoms. The lowest BCUT2D eigenvalue weighted by Crippen LogP contribution is -3.14. The minimum atomic E-state index is 0.234. The molecule has 0 spiro atoms. The Kier molecular flexibility index (Phi) is 4.03. The molecule has 0 aliphatic carbocycles. The average molecular weight is 350 g/mol. The summed E-state index contributed by atoms with van der Waals surface area (Å²) < 4.78 is 23.9. The van der Waals surface area contributed by atoms with Gasteiger partial charge in [0.1, 0.15) is 25.3 Å². The van der Waals surface area contributed by atoms with Gasteiger partial charge in [-0.1, -0.05) is 0 Å².